The number of fused-ring (bicyclic) bond motifs is 7. The van der Waals surface area contributed by atoms with Crippen molar-refractivity contribution in [3.05, 3.63) is 11.6 Å². The second-order valence-corrected chi connectivity index (χ2v) is 33.9. The lowest BCUT2D eigenvalue weighted by Crippen LogP contribution is -2.66. The second-order valence-electron chi connectivity index (χ2n) is 33.9. The van der Waals surface area contributed by atoms with E-state index in [4.69, 9.17) is 66.3 Å². The summed E-state index contributed by atoms with van der Waals surface area (Å²) in [5.74, 6) is -0.702. The molecule has 35 heteroatoms. The Morgan fingerprint density at radius 3 is 1.51 bits per heavy atom. The monoisotopic (exact) mass is 1510 g/mol. The van der Waals surface area contributed by atoms with Crippen LogP contribution in [0.2, 0.25) is 0 Å². The summed E-state index contributed by atoms with van der Waals surface area (Å²) in [6, 6.07) is 0. The van der Waals surface area contributed by atoms with E-state index in [0.29, 0.717) is 51.4 Å². The van der Waals surface area contributed by atoms with Crippen molar-refractivity contribution < 1.29 is 173 Å². The zero-order valence-corrected chi connectivity index (χ0v) is 60.3. The average Bonchev–Trinajstić information content (AvgIpc) is 0.676. The Morgan fingerprint density at radius 2 is 0.924 bits per heavy atom. The first-order chi connectivity index (χ1) is 49.2. The summed E-state index contributed by atoms with van der Waals surface area (Å²) in [5, 5.41) is 217. The molecule has 0 unspecified atom stereocenters. The maximum atomic E-state index is 15.2. The predicted molar refractivity (Wildman–Crippen MR) is 347 cm³/mol. The van der Waals surface area contributed by atoms with Crippen LogP contribution in [0.1, 0.15) is 120 Å². The summed E-state index contributed by atoms with van der Waals surface area (Å²) in [6.07, 6.45) is -47.9. The van der Waals surface area contributed by atoms with Crippen LogP contribution in [0.4, 0.5) is 0 Å². The van der Waals surface area contributed by atoms with Crippen molar-refractivity contribution in [1.29, 1.82) is 0 Å². The molecule has 20 N–H and O–H groups in total. The molecule has 7 heterocycles. The molecule has 35 nitrogen and oxygen atoms in total. The molecule has 7 aliphatic heterocycles. The largest absolute Gasteiger partial charge is 0.432 e. The topological polar surface area (TPSA) is 551 Å². The van der Waals surface area contributed by atoms with Crippen LogP contribution >= 0.6 is 0 Å². The van der Waals surface area contributed by atoms with E-state index in [2.05, 4.69) is 54.5 Å². The third-order valence-corrected chi connectivity index (χ3v) is 26.9. The van der Waals surface area contributed by atoms with Crippen LogP contribution in [-0.2, 0) is 71.1 Å². The fraction of sp³-hybridized carbons (Fsp3) is 0.957. The van der Waals surface area contributed by atoms with E-state index < -0.39 is 264 Å². The number of esters is 1. The standard InChI is InChI=1S/C70H114O35/c1-26-38(74)55(103-60-52(88)47(83)43(79)33(100-60)24-96-59-51(87)46(82)42(78)32(99-59)23-94-57-49(85)39(75)29(72)21-92-57)54(90)62(97-26)104-56-40(76)30(73)22-93-63(56)102-37-12-13-67(6)35(66(37,4)5)11-14-69(8)36(67)10-9-27-28-19-65(2,3)15-17-70(28,18-16-68(27,69)7)64(91)105-61-53(89)48(84)44(80)34(101-61)25-95-58-50(86)45(81)41(77)31(20-71)98-58/h9,26,28-63,71-90H,10-25H2,1-8H3/t26-,28-,29+,30-,31+,32+,33+,34+,35-,36+,37-,38-,39-,40-,41+,42+,43+,44+,45-,46-,47-,48-,49+,50+,51+,52+,53+,54+,55+,56+,57-,58+,59+,60-,61-,62-,63-,67-,68+,69+,70-/m0/s1. The highest BCUT2D eigenvalue weighted by molar-refractivity contribution is 5.79. The number of aliphatic hydroxyl groups is 20. The number of carbonyl (C=O) groups is 1. The fourth-order valence-electron chi connectivity index (χ4n) is 20.0. The summed E-state index contributed by atoms with van der Waals surface area (Å²) >= 11 is 0. The van der Waals surface area contributed by atoms with E-state index in [-0.39, 0.29) is 40.6 Å². The lowest BCUT2D eigenvalue weighted by Gasteiger charge is -2.71. The van der Waals surface area contributed by atoms with Gasteiger partial charge in [-0.2, -0.15) is 0 Å². The van der Waals surface area contributed by atoms with Crippen LogP contribution in [0.3, 0.4) is 0 Å². The van der Waals surface area contributed by atoms with Crippen molar-refractivity contribution in [1.82, 2.24) is 0 Å². The molecule has 12 rings (SSSR count). The van der Waals surface area contributed by atoms with Gasteiger partial charge in [0.25, 0.3) is 0 Å². The first kappa shape index (κ1) is 82.4. The minimum absolute atomic E-state index is 0.0547. The third-order valence-electron chi connectivity index (χ3n) is 26.9. The van der Waals surface area contributed by atoms with Gasteiger partial charge in [-0.1, -0.05) is 60.1 Å². The number of ether oxygens (including phenoxy) is 14. The van der Waals surface area contributed by atoms with Gasteiger partial charge in [0.15, 0.2) is 37.7 Å². The molecule has 0 amide bonds. The highest BCUT2D eigenvalue weighted by atomic mass is 16.8. The molecule has 4 saturated carbocycles. The van der Waals surface area contributed by atoms with Gasteiger partial charge in [0.05, 0.1) is 57.3 Å². The smallest absolute Gasteiger partial charge is 0.315 e. The summed E-state index contributed by atoms with van der Waals surface area (Å²) in [7, 11) is 0. The summed E-state index contributed by atoms with van der Waals surface area (Å²) in [4.78, 5) is 15.2. The minimum Gasteiger partial charge on any atom is -0.432 e. The Bertz CT molecular complexity index is 2970. The summed E-state index contributed by atoms with van der Waals surface area (Å²) in [6.45, 7) is 13.7. The Balaban J connectivity index is 0.697. The van der Waals surface area contributed by atoms with E-state index in [0.717, 1.165) is 12.8 Å². The number of rotatable bonds is 18. The number of carbonyl (C=O) groups excluding carboxylic acids is 1. The molecule has 5 aliphatic carbocycles. The lowest BCUT2D eigenvalue weighted by atomic mass is 9.33. The summed E-state index contributed by atoms with van der Waals surface area (Å²) < 4.78 is 82.7. The molecular weight excluding hydrogens is 1400 g/mol. The van der Waals surface area contributed by atoms with Crippen LogP contribution in [0, 0.1) is 50.2 Å². The van der Waals surface area contributed by atoms with Crippen LogP contribution in [0.25, 0.3) is 0 Å². The highest BCUT2D eigenvalue weighted by Crippen LogP contribution is 2.76. The second kappa shape index (κ2) is 31.3. The molecule has 0 aromatic rings. The van der Waals surface area contributed by atoms with Crippen molar-refractivity contribution in [3.8, 4) is 0 Å². The zero-order valence-electron chi connectivity index (χ0n) is 60.3. The van der Waals surface area contributed by atoms with Crippen molar-refractivity contribution in [2.24, 2.45) is 50.2 Å². The average molecular weight is 1520 g/mol. The molecule has 0 spiro atoms. The molecule has 12 aliphatic rings. The lowest BCUT2D eigenvalue weighted by molar-refractivity contribution is -0.384. The summed E-state index contributed by atoms with van der Waals surface area (Å²) in [5.41, 5.74) is -1.60. The quantitative estimate of drug-likeness (QED) is 0.0345. The number of hydrogen-bond acceptors (Lipinski definition) is 35. The minimum atomic E-state index is -2.05. The Labute approximate surface area is 607 Å². The molecule has 11 fully saturated rings. The first-order valence-corrected chi connectivity index (χ1v) is 37.0. The molecule has 0 radical (unpaired) electrons. The van der Waals surface area contributed by atoms with Gasteiger partial charge in [-0.05, 0) is 116 Å². The van der Waals surface area contributed by atoms with E-state index >= 15 is 4.79 Å². The third kappa shape index (κ3) is 14.8. The predicted octanol–water partition coefficient (Wildman–Crippen LogP) is -6.26. The van der Waals surface area contributed by atoms with Crippen LogP contribution < -0.4 is 0 Å². The van der Waals surface area contributed by atoms with Gasteiger partial charge < -0.3 is 168 Å². The van der Waals surface area contributed by atoms with Crippen molar-refractivity contribution in [2.45, 2.75) is 328 Å². The maximum Gasteiger partial charge on any atom is 0.315 e. The molecule has 105 heavy (non-hydrogen) atoms. The van der Waals surface area contributed by atoms with E-state index in [9.17, 15) is 102 Å². The van der Waals surface area contributed by atoms with Crippen LogP contribution in [0.5, 0.6) is 0 Å². The van der Waals surface area contributed by atoms with Gasteiger partial charge in [0, 0.05) is 0 Å². The van der Waals surface area contributed by atoms with Crippen molar-refractivity contribution in [3.63, 3.8) is 0 Å². The van der Waals surface area contributed by atoms with Gasteiger partial charge in [0.2, 0.25) is 6.29 Å². The van der Waals surface area contributed by atoms with Gasteiger partial charge >= 0.3 is 5.97 Å². The molecular formula is C70H114O35. The van der Waals surface area contributed by atoms with E-state index in [1.807, 2.05) is 0 Å². The SMILES string of the molecule is C[C@@H]1O[C@@H](O[C@H]2[C@H](O[C@H]3CC[C@]4(C)[C@H]5CC=C6[C@@H]7CC(C)(C)CC[C@]7(C(=O)O[C@@H]7O[C@H](CO[C@@H]8O[C@H](CO)[C@@H](O)[C@H](O)[C@H]8O)[C@@H](O)[C@H](O)[C@H]7O)CC[C@@]6(C)[C@]5(C)CC[C@H]4C3(C)C)OC[C@H](O)[C@@H]2O)[C@H](O)[C@H](O[C@@H]2O[C@H](CO[C@@H]3O[C@H](CO[C@@H]4OC[C@@H](O)[C@H](O)[C@H]4O)[C@@H](O)[C@H](O)[C@H]3O)[C@@H](O)[C@H](O)[C@H]2O)[C@H]1O. The van der Waals surface area contributed by atoms with Gasteiger partial charge in [-0.3, -0.25) is 4.79 Å². The molecule has 0 bridgehead atoms. The van der Waals surface area contributed by atoms with Gasteiger partial charge in [0.1, 0.15) is 153 Å². The van der Waals surface area contributed by atoms with Gasteiger partial charge in [-0.25, -0.2) is 0 Å². The number of allylic oxidation sites excluding steroid dienone is 2. The normalized spacial score (nSPS) is 54.2. The Hall–Kier alpha value is -2.11. The Kier molecular flexibility index (Phi) is 24.6. The number of aliphatic hydroxyl groups excluding tert-OH is 20. The molecule has 604 valence electrons. The highest BCUT2D eigenvalue weighted by Gasteiger charge is 2.71. The van der Waals surface area contributed by atoms with E-state index in [1.165, 1.54) is 12.5 Å². The molecule has 41 atom stereocenters. The first-order valence-electron chi connectivity index (χ1n) is 37.0. The number of hydrogen-bond donors (Lipinski definition) is 20. The van der Waals surface area contributed by atoms with Crippen LogP contribution in [-0.4, -0.2) is 357 Å². The molecule has 0 aromatic carbocycles. The van der Waals surface area contributed by atoms with Crippen LogP contribution in [0.15, 0.2) is 11.6 Å². The van der Waals surface area contributed by atoms with Crippen molar-refractivity contribution in [2.75, 3.05) is 39.6 Å². The van der Waals surface area contributed by atoms with Gasteiger partial charge in [-0.15, -0.1) is 0 Å². The zero-order chi connectivity index (χ0) is 76.4. The molecule has 7 saturated heterocycles. The van der Waals surface area contributed by atoms with E-state index in [1.54, 1.807) is 0 Å². The maximum absolute atomic E-state index is 15.2. The van der Waals surface area contributed by atoms with Crippen molar-refractivity contribution >= 4 is 5.97 Å². The molecule has 0 aromatic heterocycles. The Morgan fingerprint density at radius 1 is 0.448 bits per heavy atom. The fourth-order valence-corrected chi connectivity index (χ4v) is 20.0.